The Labute approximate surface area is 108 Å². The van der Waals surface area contributed by atoms with Crippen molar-refractivity contribution in [3.63, 3.8) is 0 Å². The van der Waals surface area contributed by atoms with E-state index in [9.17, 15) is 0 Å². The minimum absolute atomic E-state index is 0.0612. The molecule has 0 aliphatic heterocycles. The highest BCUT2D eigenvalue weighted by atomic mass is 14.9. The summed E-state index contributed by atoms with van der Waals surface area (Å²) in [7, 11) is 0. The predicted molar refractivity (Wildman–Crippen MR) is 78.6 cm³/mol. The van der Waals surface area contributed by atoms with Crippen LogP contribution in [0, 0.1) is 0 Å². The smallest absolute Gasteiger partial charge is 0.0761 e. The molecule has 0 fully saturated rings. The van der Waals surface area contributed by atoms with Gasteiger partial charge in [0.1, 0.15) is 0 Å². The Kier molecular flexibility index (Phi) is 3.98. The summed E-state index contributed by atoms with van der Waals surface area (Å²) in [6.45, 7) is 7.87. The summed E-state index contributed by atoms with van der Waals surface area (Å²) in [5.41, 5.74) is 3.23. The summed E-state index contributed by atoms with van der Waals surface area (Å²) in [6, 6.07) is 20.5. The van der Waals surface area contributed by atoms with Crippen LogP contribution in [0.3, 0.4) is 0 Å². The average Bonchev–Trinajstić information content (AvgIpc) is 2.46. The van der Waals surface area contributed by atoms with Crippen LogP contribution in [0.25, 0.3) is 0 Å². The molecule has 0 amide bonds. The Bertz CT molecular complexity index is 514. The average molecular weight is 235 g/mol. The van der Waals surface area contributed by atoms with Crippen molar-refractivity contribution in [3.8, 4) is 0 Å². The third-order valence-corrected chi connectivity index (χ3v) is 2.85. The molecular formula is C17H17N. The van der Waals surface area contributed by atoms with E-state index in [2.05, 4.69) is 30.6 Å². The van der Waals surface area contributed by atoms with Gasteiger partial charge < -0.3 is 5.32 Å². The van der Waals surface area contributed by atoms with Crippen LogP contribution in [-0.4, -0.2) is 0 Å². The van der Waals surface area contributed by atoms with Crippen LogP contribution >= 0.6 is 0 Å². The van der Waals surface area contributed by atoms with Crippen LogP contribution in [0.15, 0.2) is 85.5 Å². The maximum absolute atomic E-state index is 4.07. The van der Waals surface area contributed by atoms with Crippen LogP contribution in [0.4, 0.5) is 5.69 Å². The highest BCUT2D eigenvalue weighted by molar-refractivity contribution is 5.49. The lowest BCUT2D eigenvalue weighted by Gasteiger charge is -2.21. The third-order valence-electron chi connectivity index (χ3n) is 2.85. The highest BCUT2D eigenvalue weighted by Gasteiger charge is 2.12. The molecule has 0 saturated heterocycles. The van der Waals surface area contributed by atoms with E-state index in [0.717, 1.165) is 11.3 Å². The van der Waals surface area contributed by atoms with Crippen molar-refractivity contribution in [2.24, 2.45) is 0 Å². The van der Waals surface area contributed by atoms with Gasteiger partial charge in [0.25, 0.3) is 0 Å². The van der Waals surface area contributed by atoms with E-state index >= 15 is 0 Å². The molecule has 0 aliphatic carbocycles. The molecule has 0 aliphatic rings. The van der Waals surface area contributed by atoms with Gasteiger partial charge in [-0.1, -0.05) is 67.8 Å². The Morgan fingerprint density at radius 3 is 2.06 bits per heavy atom. The zero-order chi connectivity index (χ0) is 12.8. The van der Waals surface area contributed by atoms with Crippen LogP contribution < -0.4 is 5.32 Å². The van der Waals surface area contributed by atoms with E-state index in [0.29, 0.717) is 0 Å². The second-order valence-electron chi connectivity index (χ2n) is 4.13. The molecule has 1 N–H and O–H groups in total. The fourth-order valence-corrected chi connectivity index (χ4v) is 1.85. The lowest BCUT2D eigenvalue weighted by atomic mass is 9.99. The van der Waals surface area contributed by atoms with Crippen molar-refractivity contribution in [1.82, 2.24) is 0 Å². The van der Waals surface area contributed by atoms with E-state index in [1.54, 1.807) is 6.08 Å². The SMILES string of the molecule is C=CC(=C)C(Nc1ccccc1)c1ccccc1. The van der Waals surface area contributed by atoms with E-state index in [1.165, 1.54) is 5.56 Å². The van der Waals surface area contributed by atoms with E-state index in [-0.39, 0.29) is 6.04 Å². The van der Waals surface area contributed by atoms with Gasteiger partial charge in [0.15, 0.2) is 0 Å². The van der Waals surface area contributed by atoms with Crippen LogP contribution in [-0.2, 0) is 0 Å². The number of anilines is 1. The normalized spacial score (nSPS) is 11.6. The fourth-order valence-electron chi connectivity index (χ4n) is 1.85. The molecule has 1 nitrogen and oxygen atoms in total. The number of hydrogen-bond acceptors (Lipinski definition) is 1. The lowest BCUT2D eigenvalue weighted by molar-refractivity contribution is 0.944. The van der Waals surface area contributed by atoms with Crippen molar-refractivity contribution in [2.75, 3.05) is 5.32 Å². The second kappa shape index (κ2) is 5.87. The summed E-state index contributed by atoms with van der Waals surface area (Å²) in [6.07, 6.45) is 1.80. The molecule has 90 valence electrons. The quantitative estimate of drug-likeness (QED) is 0.748. The largest absolute Gasteiger partial charge is 0.374 e. The Morgan fingerprint density at radius 2 is 1.50 bits per heavy atom. The summed E-state index contributed by atoms with van der Waals surface area (Å²) in [4.78, 5) is 0. The third kappa shape index (κ3) is 2.89. The molecule has 1 unspecified atom stereocenters. The molecule has 0 radical (unpaired) electrons. The summed E-state index contributed by atoms with van der Waals surface area (Å²) in [5, 5.41) is 3.48. The number of rotatable bonds is 5. The van der Waals surface area contributed by atoms with Crippen molar-refractivity contribution < 1.29 is 0 Å². The molecule has 0 bridgehead atoms. The van der Waals surface area contributed by atoms with Gasteiger partial charge in [-0.2, -0.15) is 0 Å². The molecular weight excluding hydrogens is 218 g/mol. The van der Waals surface area contributed by atoms with Gasteiger partial charge in [-0.25, -0.2) is 0 Å². The van der Waals surface area contributed by atoms with Gasteiger partial charge >= 0.3 is 0 Å². The monoisotopic (exact) mass is 235 g/mol. The molecule has 0 spiro atoms. The van der Waals surface area contributed by atoms with Gasteiger partial charge in [-0.3, -0.25) is 0 Å². The van der Waals surface area contributed by atoms with Gasteiger partial charge in [0, 0.05) is 5.69 Å². The fraction of sp³-hybridized carbons (Fsp3) is 0.0588. The van der Waals surface area contributed by atoms with E-state index in [1.807, 2.05) is 48.5 Å². The zero-order valence-corrected chi connectivity index (χ0v) is 10.3. The van der Waals surface area contributed by atoms with Crippen molar-refractivity contribution in [1.29, 1.82) is 0 Å². The van der Waals surface area contributed by atoms with E-state index in [4.69, 9.17) is 0 Å². The van der Waals surface area contributed by atoms with Crippen molar-refractivity contribution in [3.05, 3.63) is 91.0 Å². The van der Waals surface area contributed by atoms with Gasteiger partial charge in [0.2, 0.25) is 0 Å². The molecule has 2 aromatic carbocycles. The van der Waals surface area contributed by atoms with Crippen LogP contribution in [0.5, 0.6) is 0 Å². The molecule has 2 rings (SSSR count). The first kappa shape index (κ1) is 12.2. The van der Waals surface area contributed by atoms with E-state index < -0.39 is 0 Å². The lowest BCUT2D eigenvalue weighted by Crippen LogP contribution is -2.11. The molecule has 0 saturated carbocycles. The summed E-state index contributed by atoms with van der Waals surface area (Å²) in [5.74, 6) is 0. The first-order chi connectivity index (χ1) is 8.81. The topological polar surface area (TPSA) is 12.0 Å². The first-order valence-electron chi connectivity index (χ1n) is 5.99. The van der Waals surface area contributed by atoms with Crippen LogP contribution in [0.1, 0.15) is 11.6 Å². The summed E-state index contributed by atoms with van der Waals surface area (Å²) >= 11 is 0. The van der Waals surface area contributed by atoms with Crippen molar-refractivity contribution >= 4 is 5.69 Å². The zero-order valence-electron chi connectivity index (χ0n) is 10.3. The minimum atomic E-state index is 0.0612. The maximum atomic E-state index is 4.07. The molecule has 18 heavy (non-hydrogen) atoms. The highest BCUT2D eigenvalue weighted by Crippen LogP contribution is 2.25. The van der Waals surface area contributed by atoms with Gasteiger partial charge in [0.05, 0.1) is 6.04 Å². The summed E-state index contributed by atoms with van der Waals surface area (Å²) < 4.78 is 0. The Hall–Kier alpha value is -2.28. The minimum Gasteiger partial charge on any atom is -0.374 e. The maximum Gasteiger partial charge on any atom is 0.0761 e. The number of nitrogens with one attached hydrogen (secondary N) is 1. The second-order valence-corrected chi connectivity index (χ2v) is 4.13. The Morgan fingerprint density at radius 1 is 0.944 bits per heavy atom. The number of benzene rings is 2. The standard InChI is InChI=1S/C17H17N/c1-3-14(2)17(15-10-6-4-7-11-15)18-16-12-8-5-9-13-16/h3-13,17-18H,1-2H2. The van der Waals surface area contributed by atoms with Crippen LogP contribution in [0.2, 0.25) is 0 Å². The number of hydrogen-bond donors (Lipinski definition) is 1. The predicted octanol–water partition coefficient (Wildman–Crippen LogP) is 4.58. The Balaban J connectivity index is 2.27. The van der Waals surface area contributed by atoms with Gasteiger partial charge in [-0.15, -0.1) is 0 Å². The molecule has 1 heteroatoms. The first-order valence-corrected chi connectivity index (χ1v) is 5.99. The molecule has 2 aromatic rings. The van der Waals surface area contributed by atoms with Gasteiger partial charge in [-0.05, 0) is 23.3 Å². The van der Waals surface area contributed by atoms with Crippen molar-refractivity contribution in [2.45, 2.75) is 6.04 Å². The molecule has 0 heterocycles. The molecule has 0 aromatic heterocycles. The molecule has 1 atom stereocenters. The number of para-hydroxylation sites is 1.